The molecule has 4 heteroatoms. The Morgan fingerprint density at radius 1 is 1.44 bits per heavy atom. The zero-order valence-electron chi connectivity index (χ0n) is 8.71. The van der Waals surface area contributed by atoms with Gasteiger partial charge in [-0.25, -0.2) is 0 Å². The molecule has 1 aliphatic rings. The van der Waals surface area contributed by atoms with Crippen molar-refractivity contribution in [3.05, 3.63) is 27.7 Å². The molecule has 0 heterocycles. The summed E-state index contributed by atoms with van der Waals surface area (Å²) < 4.78 is 0.875. The Morgan fingerprint density at radius 3 is 3.00 bits per heavy atom. The molecule has 1 saturated carbocycles. The molecule has 1 N–H and O–H groups in total. The minimum Gasteiger partial charge on any atom is -0.380 e. The van der Waals surface area contributed by atoms with Crippen molar-refractivity contribution in [2.75, 3.05) is 5.32 Å². The standard InChI is InChI=1S/C12H12BrClN2/c13-12-9(14)4-2-6-11(12)16-10-5-1-3-8(10)7-15/h2,4,6,8,10,16H,1,3,5H2. The van der Waals surface area contributed by atoms with Crippen molar-refractivity contribution in [3.8, 4) is 6.07 Å². The maximum Gasteiger partial charge on any atom is 0.0677 e. The lowest BCUT2D eigenvalue weighted by atomic mass is 10.1. The van der Waals surface area contributed by atoms with Gasteiger partial charge in [-0.05, 0) is 47.3 Å². The van der Waals surface area contributed by atoms with Crippen molar-refractivity contribution >= 4 is 33.2 Å². The fraction of sp³-hybridized carbons (Fsp3) is 0.417. The average molecular weight is 300 g/mol. The smallest absolute Gasteiger partial charge is 0.0677 e. The highest BCUT2D eigenvalue weighted by Gasteiger charge is 2.27. The van der Waals surface area contributed by atoms with Gasteiger partial charge in [0.15, 0.2) is 0 Å². The van der Waals surface area contributed by atoms with Gasteiger partial charge >= 0.3 is 0 Å². The fourth-order valence-corrected chi connectivity index (χ4v) is 2.66. The summed E-state index contributed by atoms with van der Waals surface area (Å²) in [6, 6.07) is 8.33. The molecule has 2 nitrogen and oxygen atoms in total. The van der Waals surface area contributed by atoms with Gasteiger partial charge in [0, 0.05) is 6.04 Å². The summed E-state index contributed by atoms with van der Waals surface area (Å²) in [7, 11) is 0. The summed E-state index contributed by atoms with van der Waals surface area (Å²) in [5.74, 6) is 0.117. The van der Waals surface area contributed by atoms with Crippen LogP contribution in [-0.4, -0.2) is 6.04 Å². The van der Waals surface area contributed by atoms with E-state index >= 15 is 0 Å². The van der Waals surface area contributed by atoms with Gasteiger partial charge in [0.1, 0.15) is 0 Å². The molecule has 0 amide bonds. The number of nitrogens with zero attached hydrogens (tertiary/aromatic N) is 1. The van der Waals surface area contributed by atoms with Crippen LogP contribution in [0.1, 0.15) is 19.3 Å². The number of halogens is 2. The Balaban J connectivity index is 2.15. The molecular formula is C12H12BrClN2. The van der Waals surface area contributed by atoms with Gasteiger partial charge in [-0.1, -0.05) is 17.7 Å². The van der Waals surface area contributed by atoms with Crippen LogP contribution in [0.3, 0.4) is 0 Å². The third-order valence-electron chi connectivity index (χ3n) is 2.97. The predicted octanol–water partition coefficient (Wildman–Crippen LogP) is 4.21. The molecule has 1 aliphatic carbocycles. The van der Waals surface area contributed by atoms with Crippen molar-refractivity contribution in [2.45, 2.75) is 25.3 Å². The van der Waals surface area contributed by atoms with Crippen LogP contribution in [0.2, 0.25) is 5.02 Å². The molecule has 1 aromatic carbocycles. The van der Waals surface area contributed by atoms with Gasteiger partial charge in [0.2, 0.25) is 0 Å². The summed E-state index contributed by atoms with van der Waals surface area (Å²) in [6.45, 7) is 0. The first-order chi connectivity index (χ1) is 7.72. The van der Waals surface area contributed by atoms with E-state index < -0.39 is 0 Å². The molecule has 0 bridgehead atoms. The van der Waals surface area contributed by atoms with E-state index in [0.717, 1.165) is 29.4 Å². The Hall–Kier alpha value is -0.720. The lowest BCUT2D eigenvalue weighted by Crippen LogP contribution is -2.22. The quantitative estimate of drug-likeness (QED) is 0.888. The van der Waals surface area contributed by atoms with E-state index in [1.54, 1.807) is 0 Å². The van der Waals surface area contributed by atoms with E-state index in [0.29, 0.717) is 5.02 Å². The van der Waals surface area contributed by atoms with Crippen LogP contribution in [0.25, 0.3) is 0 Å². The van der Waals surface area contributed by atoms with Crippen LogP contribution in [0.15, 0.2) is 22.7 Å². The van der Waals surface area contributed by atoms with Crippen molar-refractivity contribution in [2.24, 2.45) is 5.92 Å². The van der Waals surface area contributed by atoms with Crippen LogP contribution >= 0.6 is 27.5 Å². The minimum atomic E-state index is 0.117. The zero-order chi connectivity index (χ0) is 11.5. The van der Waals surface area contributed by atoms with Crippen LogP contribution in [-0.2, 0) is 0 Å². The highest BCUT2D eigenvalue weighted by molar-refractivity contribution is 9.10. The second-order valence-corrected chi connectivity index (χ2v) is 5.22. The fourth-order valence-electron chi connectivity index (χ4n) is 2.10. The van der Waals surface area contributed by atoms with Crippen LogP contribution < -0.4 is 5.32 Å². The molecule has 1 aromatic rings. The lowest BCUT2D eigenvalue weighted by Gasteiger charge is -2.18. The normalized spacial score (nSPS) is 24.1. The van der Waals surface area contributed by atoms with Crippen LogP contribution in [0.4, 0.5) is 5.69 Å². The average Bonchev–Trinajstić information content (AvgIpc) is 2.72. The third-order valence-corrected chi connectivity index (χ3v) is 4.37. The Morgan fingerprint density at radius 2 is 2.25 bits per heavy atom. The third kappa shape index (κ3) is 2.34. The Kier molecular flexibility index (Phi) is 3.73. The largest absolute Gasteiger partial charge is 0.380 e. The summed E-state index contributed by atoms with van der Waals surface area (Å²) in [5, 5.41) is 13.1. The van der Waals surface area contributed by atoms with Crippen molar-refractivity contribution in [3.63, 3.8) is 0 Å². The molecule has 0 saturated heterocycles. The summed E-state index contributed by atoms with van der Waals surface area (Å²) in [6.07, 6.45) is 3.16. The Bertz CT molecular complexity index is 428. The van der Waals surface area contributed by atoms with Gasteiger partial charge in [-0.3, -0.25) is 0 Å². The number of nitriles is 1. The SMILES string of the molecule is N#CC1CCCC1Nc1cccc(Cl)c1Br. The molecule has 1 fully saturated rings. The van der Waals surface area contributed by atoms with E-state index in [-0.39, 0.29) is 12.0 Å². The molecule has 2 atom stereocenters. The van der Waals surface area contributed by atoms with E-state index in [2.05, 4.69) is 27.3 Å². The van der Waals surface area contributed by atoms with Crippen molar-refractivity contribution in [1.29, 1.82) is 5.26 Å². The van der Waals surface area contributed by atoms with Gasteiger partial charge < -0.3 is 5.32 Å². The maximum atomic E-state index is 9.01. The maximum absolute atomic E-state index is 9.01. The number of rotatable bonds is 2. The predicted molar refractivity (Wildman–Crippen MR) is 69.5 cm³/mol. The van der Waals surface area contributed by atoms with Crippen molar-refractivity contribution in [1.82, 2.24) is 0 Å². The first kappa shape index (κ1) is 11.8. The van der Waals surface area contributed by atoms with Crippen molar-refractivity contribution < 1.29 is 0 Å². The molecule has 2 unspecified atom stereocenters. The molecule has 0 aromatic heterocycles. The second-order valence-electron chi connectivity index (χ2n) is 4.02. The molecule has 2 rings (SSSR count). The summed E-state index contributed by atoms with van der Waals surface area (Å²) >= 11 is 9.47. The van der Waals surface area contributed by atoms with Gasteiger partial charge in [0.05, 0.1) is 27.2 Å². The van der Waals surface area contributed by atoms with E-state index in [9.17, 15) is 0 Å². The second kappa shape index (κ2) is 5.07. The zero-order valence-corrected chi connectivity index (χ0v) is 11.1. The summed E-state index contributed by atoms with van der Waals surface area (Å²) in [5.41, 5.74) is 0.972. The topological polar surface area (TPSA) is 35.8 Å². The molecule has 0 radical (unpaired) electrons. The number of hydrogen-bond donors (Lipinski definition) is 1. The molecule has 84 valence electrons. The van der Waals surface area contributed by atoms with Crippen LogP contribution in [0, 0.1) is 17.2 Å². The van der Waals surface area contributed by atoms with E-state index in [1.807, 2.05) is 18.2 Å². The minimum absolute atomic E-state index is 0.117. The molecule has 0 aliphatic heterocycles. The highest BCUT2D eigenvalue weighted by atomic mass is 79.9. The molecule has 0 spiro atoms. The number of nitrogens with one attached hydrogen (secondary N) is 1. The molecule has 16 heavy (non-hydrogen) atoms. The highest BCUT2D eigenvalue weighted by Crippen LogP contribution is 2.34. The lowest BCUT2D eigenvalue weighted by molar-refractivity contribution is 0.629. The number of hydrogen-bond acceptors (Lipinski definition) is 2. The van der Waals surface area contributed by atoms with Gasteiger partial charge in [0.25, 0.3) is 0 Å². The first-order valence-electron chi connectivity index (χ1n) is 5.32. The van der Waals surface area contributed by atoms with Gasteiger partial charge in [-0.2, -0.15) is 5.26 Å². The van der Waals surface area contributed by atoms with E-state index in [4.69, 9.17) is 16.9 Å². The van der Waals surface area contributed by atoms with Crippen LogP contribution in [0.5, 0.6) is 0 Å². The van der Waals surface area contributed by atoms with E-state index in [1.165, 1.54) is 0 Å². The number of benzene rings is 1. The number of anilines is 1. The van der Waals surface area contributed by atoms with Gasteiger partial charge in [-0.15, -0.1) is 0 Å². The summed E-state index contributed by atoms with van der Waals surface area (Å²) in [4.78, 5) is 0. The molecular weight excluding hydrogens is 288 g/mol. The monoisotopic (exact) mass is 298 g/mol. The Labute approximate surface area is 109 Å². The first-order valence-corrected chi connectivity index (χ1v) is 6.49.